The van der Waals surface area contributed by atoms with Gasteiger partial charge >= 0.3 is 0 Å². The normalized spacial score (nSPS) is 14.8. The topological polar surface area (TPSA) is 85.7 Å². The number of nitrogens with two attached hydrogens (primary N) is 1. The number of aryl methyl sites for hydroxylation is 1. The lowest BCUT2D eigenvalue weighted by Crippen LogP contribution is -2.38. The number of hydrogen-bond acceptors (Lipinski definition) is 5. The predicted molar refractivity (Wildman–Crippen MR) is 96.7 cm³/mol. The molecule has 2 heterocycles. The number of anilines is 1. The Bertz CT molecular complexity index is 745. The molecule has 1 aliphatic rings. The number of carbonyl (C=O) groups is 1. The molecule has 0 radical (unpaired) electrons. The van der Waals surface area contributed by atoms with Gasteiger partial charge in [0.25, 0.3) is 5.91 Å². The fraction of sp³-hybridized carbons (Fsp3) is 0.389. The van der Waals surface area contributed by atoms with E-state index >= 15 is 0 Å². The predicted octanol–water partition coefficient (Wildman–Crippen LogP) is 2.05. The first kappa shape index (κ1) is 17.0. The van der Waals surface area contributed by atoms with Gasteiger partial charge in [-0.15, -0.1) is 0 Å². The molecule has 0 atom stereocenters. The van der Waals surface area contributed by atoms with Crippen LogP contribution >= 0.6 is 0 Å². The molecule has 0 aliphatic carbocycles. The maximum absolute atomic E-state index is 12.1. The number of amides is 1. The van der Waals surface area contributed by atoms with E-state index in [9.17, 15) is 4.79 Å². The number of likely N-dealkylation sites (tertiary alicyclic amines) is 1. The van der Waals surface area contributed by atoms with Crippen molar-refractivity contribution in [1.29, 1.82) is 0 Å². The van der Waals surface area contributed by atoms with E-state index in [4.69, 9.17) is 10.5 Å². The Morgan fingerprint density at radius 1 is 1.28 bits per heavy atom. The van der Waals surface area contributed by atoms with Gasteiger partial charge in [-0.1, -0.05) is 0 Å². The number of nitrogen functional groups attached to an aromatic ring is 1. The van der Waals surface area contributed by atoms with Crippen molar-refractivity contribution in [1.82, 2.24) is 14.6 Å². The monoisotopic (exact) mass is 341 g/mol. The highest BCUT2D eigenvalue weighted by molar-refractivity contribution is 5.80. The van der Waals surface area contributed by atoms with Crippen LogP contribution in [0, 0.1) is 6.92 Å². The summed E-state index contributed by atoms with van der Waals surface area (Å²) in [5.74, 6) is 1.07. The molecule has 2 N–H and O–H groups in total. The quantitative estimate of drug-likeness (QED) is 0.843. The lowest BCUT2D eigenvalue weighted by molar-refractivity contribution is -0.134. The molecule has 7 heteroatoms. The Morgan fingerprint density at radius 3 is 2.64 bits per heavy atom. The minimum atomic E-state index is 0.0521. The lowest BCUT2D eigenvalue weighted by atomic mass is 10.1. The number of hydrogen-bond donors (Lipinski definition) is 1. The summed E-state index contributed by atoms with van der Waals surface area (Å²) in [5, 5.41) is 4.26. The maximum Gasteiger partial charge on any atom is 0.260 e. The number of benzene rings is 1. The van der Waals surface area contributed by atoms with Gasteiger partial charge in [0.1, 0.15) is 5.75 Å². The first-order valence-electron chi connectivity index (χ1n) is 8.48. The molecule has 0 unspecified atom stereocenters. The minimum Gasteiger partial charge on any atom is -0.484 e. The summed E-state index contributed by atoms with van der Waals surface area (Å²) in [5.41, 5.74) is 7.46. The molecule has 25 heavy (non-hydrogen) atoms. The maximum atomic E-state index is 12.1. The molecular formula is C18H23N5O2. The van der Waals surface area contributed by atoms with E-state index in [-0.39, 0.29) is 12.5 Å². The SMILES string of the molecule is Cc1cn(N=Cc2ccc(OCC(=O)N3CCCCC3)cc2)c(N)n1. The molecule has 1 amide bonds. The van der Waals surface area contributed by atoms with Gasteiger partial charge < -0.3 is 15.4 Å². The Kier molecular flexibility index (Phi) is 5.33. The first-order chi connectivity index (χ1) is 12.1. The summed E-state index contributed by atoms with van der Waals surface area (Å²) in [6.07, 6.45) is 6.83. The van der Waals surface area contributed by atoms with Crippen LogP contribution in [0.1, 0.15) is 30.5 Å². The first-order valence-corrected chi connectivity index (χ1v) is 8.48. The van der Waals surface area contributed by atoms with Crippen molar-refractivity contribution in [2.45, 2.75) is 26.2 Å². The molecule has 1 saturated heterocycles. The summed E-state index contributed by atoms with van der Waals surface area (Å²) in [6.45, 7) is 3.63. The largest absolute Gasteiger partial charge is 0.484 e. The molecule has 1 aromatic heterocycles. The van der Waals surface area contributed by atoms with Crippen molar-refractivity contribution in [2.24, 2.45) is 5.10 Å². The van der Waals surface area contributed by atoms with Crippen LogP contribution < -0.4 is 10.5 Å². The number of nitrogens with zero attached hydrogens (tertiary/aromatic N) is 4. The van der Waals surface area contributed by atoms with Crippen molar-refractivity contribution in [3.05, 3.63) is 41.7 Å². The summed E-state index contributed by atoms with van der Waals surface area (Å²) in [4.78, 5) is 18.1. The van der Waals surface area contributed by atoms with E-state index in [1.165, 1.54) is 11.1 Å². The van der Waals surface area contributed by atoms with Crippen LogP contribution in [0.2, 0.25) is 0 Å². The number of ether oxygens (including phenoxy) is 1. The summed E-state index contributed by atoms with van der Waals surface area (Å²) >= 11 is 0. The number of imidazole rings is 1. The van der Waals surface area contributed by atoms with Gasteiger partial charge in [0.2, 0.25) is 5.95 Å². The van der Waals surface area contributed by atoms with E-state index in [1.54, 1.807) is 12.4 Å². The molecule has 0 spiro atoms. The number of aromatic nitrogens is 2. The van der Waals surface area contributed by atoms with Crippen LogP contribution in [-0.4, -0.2) is 46.4 Å². The van der Waals surface area contributed by atoms with Crippen molar-refractivity contribution >= 4 is 18.1 Å². The summed E-state index contributed by atoms with van der Waals surface area (Å²) < 4.78 is 7.12. The number of piperidine rings is 1. The molecule has 1 aromatic carbocycles. The van der Waals surface area contributed by atoms with E-state index in [0.29, 0.717) is 11.7 Å². The minimum absolute atomic E-state index is 0.0521. The van der Waals surface area contributed by atoms with Crippen molar-refractivity contribution in [2.75, 3.05) is 25.4 Å². The van der Waals surface area contributed by atoms with Crippen molar-refractivity contribution in [3.8, 4) is 5.75 Å². The van der Waals surface area contributed by atoms with Crippen LogP contribution in [-0.2, 0) is 4.79 Å². The summed E-state index contributed by atoms with van der Waals surface area (Å²) in [6, 6.07) is 7.41. The van der Waals surface area contributed by atoms with Gasteiger partial charge in [-0.2, -0.15) is 5.10 Å². The number of rotatable bonds is 5. The zero-order valence-electron chi connectivity index (χ0n) is 14.4. The van der Waals surface area contributed by atoms with Crippen LogP contribution in [0.15, 0.2) is 35.6 Å². The molecule has 0 saturated carbocycles. The van der Waals surface area contributed by atoms with Crippen LogP contribution in [0.3, 0.4) is 0 Å². The van der Waals surface area contributed by atoms with Crippen LogP contribution in [0.25, 0.3) is 0 Å². The van der Waals surface area contributed by atoms with Gasteiger partial charge in [0.05, 0.1) is 18.1 Å². The Morgan fingerprint density at radius 2 is 2.00 bits per heavy atom. The van der Waals surface area contributed by atoms with Gasteiger partial charge in [-0.05, 0) is 56.0 Å². The van der Waals surface area contributed by atoms with Crippen LogP contribution in [0.5, 0.6) is 5.75 Å². The highest BCUT2D eigenvalue weighted by atomic mass is 16.5. The van der Waals surface area contributed by atoms with Gasteiger partial charge in [0, 0.05) is 13.1 Å². The smallest absolute Gasteiger partial charge is 0.260 e. The molecule has 1 fully saturated rings. The molecule has 1 aliphatic heterocycles. The molecule has 2 aromatic rings. The highest BCUT2D eigenvalue weighted by Gasteiger charge is 2.16. The Balaban J connectivity index is 1.53. The molecule has 3 rings (SSSR count). The average Bonchev–Trinajstić information content (AvgIpc) is 2.97. The van der Waals surface area contributed by atoms with E-state index in [2.05, 4.69) is 10.1 Å². The third kappa shape index (κ3) is 4.59. The zero-order chi connectivity index (χ0) is 17.6. The van der Waals surface area contributed by atoms with Gasteiger partial charge in [0.15, 0.2) is 6.61 Å². The summed E-state index contributed by atoms with van der Waals surface area (Å²) in [7, 11) is 0. The highest BCUT2D eigenvalue weighted by Crippen LogP contribution is 2.13. The van der Waals surface area contributed by atoms with Gasteiger partial charge in [-0.3, -0.25) is 4.79 Å². The van der Waals surface area contributed by atoms with Crippen molar-refractivity contribution in [3.63, 3.8) is 0 Å². The average molecular weight is 341 g/mol. The third-order valence-corrected chi connectivity index (χ3v) is 4.12. The second-order valence-electron chi connectivity index (χ2n) is 6.13. The zero-order valence-corrected chi connectivity index (χ0v) is 14.4. The fourth-order valence-electron chi connectivity index (χ4n) is 2.76. The fourth-order valence-corrected chi connectivity index (χ4v) is 2.76. The molecular weight excluding hydrogens is 318 g/mol. The Labute approximate surface area is 147 Å². The standard InChI is InChI=1S/C18H23N5O2/c1-14-12-23(18(19)21-14)20-11-15-5-7-16(8-6-15)25-13-17(24)22-9-3-2-4-10-22/h5-8,11-12H,2-4,9-10,13H2,1H3,(H2,19,21). The van der Waals surface area contributed by atoms with E-state index < -0.39 is 0 Å². The van der Waals surface area contributed by atoms with E-state index in [1.807, 2.05) is 36.1 Å². The Hall–Kier alpha value is -2.83. The third-order valence-electron chi connectivity index (χ3n) is 4.12. The number of carbonyl (C=O) groups excluding carboxylic acids is 1. The van der Waals surface area contributed by atoms with E-state index in [0.717, 1.165) is 37.2 Å². The molecule has 132 valence electrons. The molecule has 0 bridgehead atoms. The second kappa shape index (κ2) is 7.83. The molecule has 7 nitrogen and oxygen atoms in total. The lowest BCUT2D eigenvalue weighted by Gasteiger charge is -2.26. The van der Waals surface area contributed by atoms with Gasteiger partial charge in [-0.25, -0.2) is 9.66 Å². The second-order valence-corrected chi connectivity index (χ2v) is 6.13. The van der Waals surface area contributed by atoms with Crippen molar-refractivity contribution < 1.29 is 9.53 Å². The van der Waals surface area contributed by atoms with Crippen LogP contribution in [0.4, 0.5) is 5.95 Å².